The van der Waals surface area contributed by atoms with Gasteiger partial charge in [0, 0.05) is 49.0 Å². The molecule has 0 spiro atoms. The molecule has 0 N–H and O–H groups in total. The number of benzene rings is 9. The summed E-state index contributed by atoms with van der Waals surface area (Å²) in [6, 6.07) is 63.9. The van der Waals surface area contributed by atoms with Crippen LogP contribution in [0.25, 0.3) is 116 Å². The first-order chi connectivity index (χ1) is 27.8. The molecular formula is C51H30N4O. The van der Waals surface area contributed by atoms with Crippen molar-refractivity contribution in [3.05, 3.63) is 182 Å². The van der Waals surface area contributed by atoms with Crippen LogP contribution in [0.3, 0.4) is 0 Å². The maximum Gasteiger partial charge on any atom is 0.164 e. The second-order valence-electron chi connectivity index (χ2n) is 14.3. The van der Waals surface area contributed by atoms with Crippen LogP contribution in [0.1, 0.15) is 0 Å². The summed E-state index contributed by atoms with van der Waals surface area (Å²) in [4.78, 5) is 15.6. The summed E-state index contributed by atoms with van der Waals surface area (Å²) >= 11 is 0. The summed E-state index contributed by atoms with van der Waals surface area (Å²) in [7, 11) is 0. The van der Waals surface area contributed by atoms with E-state index in [2.05, 4.69) is 126 Å². The molecule has 0 bridgehead atoms. The van der Waals surface area contributed by atoms with E-state index in [0.717, 1.165) is 55.1 Å². The Morgan fingerprint density at radius 1 is 0.357 bits per heavy atom. The molecule has 5 nitrogen and oxygen atoms in total. The van der Waals surface area contributed by atoms with Crippen molar-refractivity contribution in [3.63, 3.8) is 0 Å². The summed E-state index contributed by atoms with van der Waals surface area (Å²) in [6.45, 7) is 0. The molecule has 0 amide bonds. The number of nitrogens with zero attached hydrogens (tertiary/aromatic N) is 4. The third-order valence-electron chi connectivity index (χ3n) is 11.2. The fourth-order valence-corrected chi connectivity index (χ4v) is 8.77. The highest BCUT2D eigenvalue weighted by Gasteiger charge is 2.22. The van der Waals surface area contributed by atoms with Crippen LogP contribution in [-0.4, -0.2) is 19.5 Å². The van der Waals surface area contributed by atoms with Gasteiger partial charge in [0.1, 0.15) is 11.2 Å². The highest BCUT2D eigenvalue weighted by atomic mass is 16.3. The molecule has 0 saturated heterocycles. The van der Waals surface area contributed by atoms with E-state index in [1.807, 2.05) is 60.7 Å². The fraction of sp³-hybridized carbons (Fsp3) is 0. The molecule has 56 heavy (non-hydrogen) atoms. The molecule has 0 aliphatic heterocycles. The minimum atomic E-state index is 0.597. The van der Waals surface area contributed by atoms with E-state index < -0.39 is 0 Å². The Morgan fingerprint density at radius 2 is 0.982 bits per heavy atom. The molecule has 3 heterocycles. The fourth-order valence-electron chi connectivity index (χ4n) is 8.77. The standard InChI is InChI=1S/C51H30N4O/c1-2-15-33(16-3-1)49-52-50(54-51(53-49)41-22-12-24-45-47(41)39-21-10-11-23-44(39)56-45)38-28-30-42(37-20-9-8-19-36(37)38)55-43-29-26-31-13-4-6-17-34(31)46(43)40-27-25-32-14-5-7-18-35(32)48(40)55/h1-30H. The van der Waals surface area contributed by atoms with Crippen LogP contribution in [0.2, 0.25) is 0 Å². The van der Waals surface area contributed by atoms with E-state index >= 15 is 0 Å². The molecule has 5 heteroatoms. The van der Waals surface area contributed by atoms with Gasteiger partial charge in [-0.2, -0.15) is 0 Å². The molecule has 12 rings (SSSR count). The van der Waals surface area contributed by atoms with E-state index in [1.54, 1.807) is 0 Å². The molecule has 9 aromatic carbocycles. The van der Waals surface area contributed by atoms with Crippen molar-refractivity contribution >= 4 is 76.1 Å². The third kappa shape index (κ3) is 4.52. The Kier molecular flexibility index (Phi) is 6.56. The summed E-state index contributed by atoms with van der Waals surface area (Å²) in [6.07, 6.45) is 0. The number of aromatic nitrogens is 4. The average Bonchev–Trinajstić information content (AvgIpc) is 3.83. The lowest BCUT2D eigenvalue weighted by atomic mass is 10.0. The van der Waals surface area contributed by atoms with E-state index in [4.69, 9.17) is 19.4 Å². The van der Waals surface area contributed by atoms with E-state index in [1.165, 1.54) is 43.4 Å². The minimum absolute atomic E-state index is 0.597. The Bertz CT molecular complexity index is 3540. The predicted molar refractivity (Wildman–Crippen MR) is 230 cm³/mol. The molecule has 0 saturated carbocycles. The van der Waals surface area contributed by atoms with E-state index in [0.29, 0.717) is 17.5 Å². The van der Waals surface area contributed by atoms with Crippen molar-refractivity contribution in [2.75, 3.05) is 0 Å². The van der Waals surface area contributed by atoms with Crippen molar-refractivity contribution in [2.45, 2.75) is 0 Å². The van der Waals surface area contributed by atoms with Crippen molar-refractivity contribution in [1.82, 2.24) is 19.5 Å². The van der Waals surface area contributed by atoms with Gasteiger partial charge in [0.25, 0.3) is 0 Å². The Hall–Kier alpha value is -7.63. The Morgan fingerprint density at radius 3 is 1.82 bits per heavy atom. The first kappa shape index (κ1) is 30.8. The van der Waals surface area contributed by atoms with Gasteiger partial charge < -0.3 is 8.98 Å². The molecule has 3 aromatic heterocycles. The third-order valence-corrected chi connectivity index (χ3v) is 11.2. The molecular weight excluding hydrogens is 685 g/mol. The Labute approximate surface area is 320 Å². The quantitative estimate of drug-likeness (QED) is 0.182. The molecule has 0 atom stereocenters. The van der Waals surface area contributed by atoms with Crippen molar-refractivity contribution in [2.24, 2.45) is 0 Å². The predicted octanol–water partition coefficient (Wildman–Crippen LogP) is 13.3. The number of rotatable bonds is 4. The van der Waals surface area contributed by atoms with E-state index in [-0.39, 0.29) is 0 Å². The summed E-state index contributed by atoms with van der Waals surface area (Å²) < 4.78 is 8.75. The zero-order valence-corrected chi connectivity index (χ0v) is 30.0. The minimum Gasteiger partial charge on any atom is -0.456 e. The summed E-state index contributed by atoms with van der Waals surface area (Å²) in [5, 5.41) is 11.6. The van der Waals surface area contributed by atoms with Crippen LogP contribution in [-0.2, 0) is 0 Å². The van der Waals surface area contributed by atoms with Crippen molar-refractivity contribution in [1.29, 1.82) is 0 Å². The van der Waals surface area contributed by atoms with Crippen molar-refractivity contribution < 1.29 is 4.42 Å². The van der Waals surface area contributed by atoms with Crippen LogP contribution in [0.4, 0.5) is 0 Å². The number of para-hydroxylation sites is 1. The van der Waals surface area contributed by atoms with Crippen LogP contribution in [0.5, 0.6) is 0 Å². The lowest BCUT2D eigenvalue weighted by Crippen LogP contribution is -2.02. The van der Waals surface area contributed by atoms with Gasteiger partial charge >= 0.3 is 0 Å². The maximum absolute atomic E-state index is 6.29. The van der Waals surface area contributed by atoms with Crippen LogP contribution in [0.15, 0.2) is 186 Å². The molecule has 0 unspecified atom stereocenters. The second kappa shape index (κ2) is 11.9. The number of fused-ring (bicyclic) bond motifs is 11. The normalized spacial score (nSPS) is 11.9. The smallest absolute Gasteiger partial charge is 0.164 e. The second-order valence-corrected chi connectivity index (χ2v) is 14.3. The van der Waals surface area contributed by atoms with Crippen LogP contribution >= 0.6 is 0 Å². The lowest BCUT2D eigenvalue weighted by molar-refractivity contribution is 0.669. The molecule has 0 fully saturated rings. The topological polar surface area (TPSA) is 56.7 Å². The highest BCUT2D eigenvalue weighted by molar-refractivity contribution is 6.26. The van der Waals surface area contributed by atoms with Gasteiger partial charge in [-0.15, -0.1) is 0 Å². The molecule has 0 aliphatic carbocycles. The van der Waals surface area contributed by atoms with Crippen molar-refractivity contribution in [3.8, 4) is 39.9 Å². The number of hydrogen-bond acceptors (Lipinski definition) is 4. The van der Waals surface area contributed by atoms with E-state index in [9.17, 15) is 0 Å². The zero-order valence-electron chi connectivity index (χ0n) is 30.0. The maximum atomic E-state index is 6.29. The van der Waals surface area contributed by atoms with Gasteiger partial charge in [0.05, 0.1) is 16.7 Å². The van der Waals surface area contributed by atoms with Crippen LogP contribution < -0.4 is 0 Å². The largest absolute Gasteiger partial charge is 0.456 e. The Balaban J connectivity index is 1.15. The first-order valence-electron chi connectivity index (χ1n) is 18.9. The molecule has 0 aliphatic rings. The lowest BCUT2D eigenvalue weighted by Gasteiger charge is -2.16. The van der Waals surface area contributed by atoms with Gasteiger partial charge in [-0.05, 0) is 51.9 Å². The number of hydrogen-bond donors (Lipinski definition) is 0. The van der Waals surface area contributed by atoms with Gasteiger partial charge in [-0.25, -0.2) is 15.0 Å². The molecule has 12 aromatic rings. The summed E-state index contributed by atoms with van der Waals surface area (Å²) in [5.41, 5.74) is 7.86. The molecule has 260 valence electrons. The van der Waals surface area contributed by atoms with Crippen LogP contribution in [0, 0.1) is 0 Å². The zero-order chi connectivity index (χ0) is 36.7. The number of furan rings is 1. The highest BCUT2D eigenvalue weighted by Crippen LogP contribution is 2.43. The van der Waals surface area contributed by atoms with Gasteiger partial charge in [0.2, 0.25) is 0 Å². The molecule has 0 radical (unpaired) electrons. The van der Waals surface area contributed by atoms with Gasteiger partial charge in [-0.1, -0.05) is 152 Å². The van der Waals surface area contributed by atoms with Gasteiger partial charge in [-0.3, -0.25) is 0 Å². The monoisotopic (exact) mass is 714 g/mol. The first-order valence-corrected chi connectivity index (χ1v) is 18.9. The summed E-state index contributed by atoms with van der Waals surface area (Å²) in [5.74, 6) is 1.82. The SMILES string of the molecule is c1ccc(-c2nc(-c3ccc(-n4c5ccc6ccccc6c5c5ccc6ccccc6c54)c4ccccc34)nc(-c3cccc4oc5ccccc5c34)n2)cc1. The van der Waals surface area contributed by atoms with Gasteiger partial charge in [0.15, 0.2) is 17.5 Å². The average molecular weight is 715 g/mol.